The average molecular weight is 626 g/mol. The van der Waals surface area contributed by atoms with Crippen molar-refractivity contribution >= 4 is 27.5 Å². The van der Waals surface area contributed by atoms with Gasteiger partial charge in [-0.25, -0.2) is 8.42 Å². The summed E-state index contributed by atoms with van der Waals surface area (Å²) in [5.74, 6) is -0.754. The van der Waals surface area contributed by atoms with E-state index in [9.17, 15) is 18.0 Å². The van der Waals surface area contributed by atoms with Crippen LogP contribution in [0.1, 0.15) is 48.1 Å². The summed E-state index contributed by atoms with van der Waals surface area (Å²) in [6.45, 7) is 9.33. The largest absolute Gasteiger partial charge is 0.352 e. The Morgan fingerprint density at radius 2 is 1.38 bits per heavy atom. The van der Waals surface area contributed by atoms with Crippen molar-refractivity contribution in [2.75, 3.05) is 10.8 Å². The standard InChI is InChI=1S/C37H43N3O4S/c1-6-30(5)38-37(42)35(24-31-16-9-7-10-17-31)39(25-32-18-14-13-15-29(32)4)36(41)26-40(33-22-27(2)21-28(3)23-33)45(43,44)34-19-11-8-12-20-34/h7-23,30,35H,6,24-26H2,1-5H3,(H,38,42)/t30-,35-/m0/s1. The van der Waals surface area contributed by atoms with Crippen molar-refractivity contribution in [2.24, 2.45) is 0 Å². The minimum Gasteiger partial charge on any atom is -0.352 e. The normalized spacial score (nSPS) is 12.6. The van der Waals surface area contributed by atoms with Crippen molar-refractivity contribution in [1.29, 1.82) is 0 Å². The molecule has 45 heavy (non-hydrogen) atoms. The number of anilines is 1. The van der Waals surface area contributed by atoms with E-state index in [4.69, 9.17) is 0 Å². The maximum atomic E-state index is 14.6. The molecule has 4 aromatic rings. The molecule has 0 heterocycles. The van der Waals surface area contributed by atoms with Gasteiger partial charge in [0.05, 0.1) is 10.6 Å². The van der Waals surface area contributed by atoms with Crippen molar-refractivity contribution in [2.45, 2.75) is 71.0 Å². The summed E-state index contributed by atoms with van der Waals surface area (Å²) in [4.78, 5) is 30.2. The highest BCUT2D eigenvalue weighted by Gasteiger charge is 2.35. The molecule has 0 bridgehead atoms. The maximum absolute atomic E-state index is 14.6. The second-order valence-corrected chi connectivity index (χ2v) is 13.5. The number of hydrogen-bond acceptors (Lipinski definition) is 4. The highest BCUT2D eigenvalue weighted by molar-refractivity contribution is 7.92. The number of benzene rings is 4. The van der Waals surface area contributed by atoms with E-state index < -0.39 is 28.5 Å². The molecule has 4 aromatic carbocycles. The molecule has 0 unspecified atom stereocenters. The molecular weight excluding hydrogens is 582 g/mol. The van der Waals surface area contributed by atoms with Crippen LogP contribution in [0.25, 0.3) is 0 Å². The lowest BCUT2D eigenvalue weighted by Gasteiger charge is -2.34. The van der Waals surface area contributed by atoms with E-state index in [1.54, 1.807) is 35.2 Å². The number of carbonyl (C=O) groups excluding carboxylic acids is 2. The monoisotopic (exact) mass is 625 g/mol. The zero-order chi connectivity index (χ0) is 32.6. The van der Waals surface area contributed by atoms with Crippen LogP contribution in [-0.2, 0) is 32.6 Å². The molecule has 1 N–H and O–H groups in total. The smallest absolute Gasteiger partial charge is 0.264 e. The average Bonchev–Trinajstić information content (AvgIpc) is 3.02. The summed E-state index contributed by atoms with van der Waals surface area (Å²) >= 11 is 0. The third-order valence-electron chi connectivity index (χ3n) is 7.98. The van der Waals surface area contributed by atoms with E-state index in [0.29, 0.717) is 5.69 Å². The summed E-state index contributed by atoms with van der Waals surface area (Å²) in [6.07, 6.45) is 1.00. The first-order valence-electron chi connectivity index (χ1n) is 15.3. The lowest BCUT2D eigenvalue weighted by atomic mass is 10.0. The van der Waals surface area contributed by atoms with Crippen LogP contribution in [0.5, 0.6) is 0 Å². The van der Waals surface area contributed by atoms with E-state index >= 15 is 0 Å². The Balaban J connectivity index is 1.83. The van der Waals surface area contributed by atoms with Gasteiger partial charge in [-0.1, -0.05) is 85.8 Å². The van der Waals surface area contributed by atoms with Crippen LogP contribution in [0.3, 0.4) is 0 Å². The van der Waals surface area contributed by atoms with Crippen LogP contribution >= 0.6 is 0 Å². The summed E-state index contributed by atoms with van der Waals surface area (Å²) in [5.41, 5.74) is 4.88. The maximum Gasteiger partial charge on any atom is 0.264 e. The molecule has 0 saturated heterocycles. The fourth-order valence-corrected chi connectivity index (χ4v) is 6.73. The Morgan fingerprint density at radius 1 is 0.800 bits per heavy atom. The van der Waals surface area contributed by atoms with Gasteiger partial charge < -0.3 is 10.2 Å². The lowest BCUT2D eigenvalue weighted by molar-refractivity contribution is -0.140. The Morgan fingerprint density at radius 3 is 1.98 bits per heavy atom. The number of amides is 2. The number of nitrogens with zero attached hydrogens (tertiary/aromatic N) is 2. The van der Waals surface area contributed by atoms with Crippen molar-refractivity contribution < 1.29 is 18.0 Å². The molecule has 0 fully saturated rings. The molecular formula is C37H43N3O4S. The van der Waals surface area contributed by atoms with Crippen LogP contribution < -0.4 is 9.62 Å². The number of hydrogen-bond donors (Lipinski definition) is 1. The first-order valence-corrected chi connectivity index (χ1v) is 16.8. The molecule has 2 atom stereocenters. The van der Waals surface area contributed by atoms with Crippen LogP contribution in [-0.4, -0.2) is 43.8 Å². The fourth-order valence-electron chi connectivity index (χ4n) is 5.31. The molecule has 7 nitrogen and oxygen atoms in total. The number of nitrogens with one attached hydrogen (secondary N) is 1. The second-order valence-electron chi connectivity index (χ2n) is 11.6. The molecule has 0 aliphatic rings. The van der Waals surface area contributed by atoms with E-state index in [0.717, 1.165) is 34.2 Å². The second kappa shape index (κ2) is 15.0. The first-order chi connectivity index (χ1) is 21.5. The van der Waals surface area contributed by atoms with Gasteiger partial charge in [-0.2, -0.15) is 0 Å². The minimum atomic E-state index is -4.14. The van der Waals surface area contributed by atoms with E-state index in [2.05, 4.69) is 5.32 Å². The van der Waals surface area contributed by atoms with Crippen LogP contribution in [0.15, 0.2) is 108 Å². The Kier molecular flexibility index (Phi) is 11.2. The van der Waals surface area contributed by atoms with Crippen molar-refractivity contribution in [3.05, 3.63) is 131 Å². The number of aryl methyl sites for hydroxylation is 3. The molecule has 0 saturated carbocycles. The van der Waals surface area contributed by atoms with Gasteiger partial charge in [0, 0.05) is 19.0 Å². The van der Waals surface area contributed by atoms with Gasteiger partial charge in [0.1, 0.15) is 12.6 Å². The zero-order valence-electron chi connectivity index (χ0n) is 26.7. The van der Waals surface area contributed by atoms with Gasteiger partial charge in [-0.3, -0.25) is 13.9 Å². The first kappa shape index (κ1) is 33.5. The fraction of sp³-hybridized carbons (Fsp3) is 0.297. The Hall–Kier alpha value is -4.43. The molecule has 0 aliphatic carbocycles. The molecule has 0 radical (unpaired) electrons. The predicted octanol–water partition coefficient (Wildman–Crippen LogP) is 6.36. The molecule has 4 rings (SSSR count). The number of sulfonamides is 1. The van der Waals surface area contributed by atoms with Gasteiger partial charge in [-0.15, -0.1) is 0 Å². The molecule has 236 valence electrons. The topological polar surface area (TPSA) is 86.8 Å². The van der Waals surface area contributed by atoms with Crippen molar-refractivity contribution in [3.8, 4) is 0 Å². The summed E-state index contributed by atoms with van der Waals surface area (Å²) in [6, 6.07) is 29.9. The van der Waals surface area contributed by atoms with Gasteiger partial charge in [0.15, 0.2) is 0 Å². The highest BCUT2D eigenvalue weighted by Crippen LogP contribution is 2.27. The minimum absolute atomic E-state index is 0.0813. The van der Waals surface area contributed by atoms with Gasteiger partial charge in [0.2, 0.25) is 11.8 Å². The lowest BCUT2D eigenvalue weighted by Crippen LogP contribution is -2.54. The van der Waals surface area contributed by atoms with Gasteiger partial charge >= 0.3 is 0 Å². The Labute approximate surface area is 268 Å². The summed E-state index contributed by atoms with van der Waals surface area (Å²) < 4.78 is 29.5. The number of rotatable bonds is 13. The van der Waals surface area contributed by atoms with Crippen molar-refractivity contribution in [3.63, 3.8) is 0 Å². The molecule has 8 heteroatoms. The third kappa shape index (κ3) is 8.60. The number of carbonyl (C=O) groups is 2. The predicted molar refractivity (Wildman–Crippen MR) is 180 cm³/mol. The Bertz CT molecular complexity index is 1690. The SMILES string of the molecule is CC[C@H](C)NC(=O)[C@H](Cc1ccccc1)N(Cc1ccccc1C)C(=O)CN(c1cc(C)cc(C)c1)S(=O)(=O)c1ccccc1. The quantitative estimate of drug-likeness (QED) is 0.187. The van der Waals surface area contributed by atoms with E-state index in [1.807, 2.05) is 95.3 Å². The van der Waals surface area contributed by atoms with E-state index in [1.165, 1.54) is 16.4 Å². The van der Waals surface area contributed by atoms with Gasteiger partial charge in [0.25, 0.3) is 10.0 Å². The third-order valence-corrected chi connectivity index (χ3v) is 9.77. The van der Waals surface area contributed by atoms with Crippen molar-refractivity contribution in [1.82, 2.24) is 10.2 Å². The molecule has 2 amide bonds. The van der Waals surface area contributed by atoms with Crippen LogP contribution in [0.2, 0.25) is 0 Å². The zero-order valence-corrected chi connectivity index (χ0v) is 27.6. The van der Waals surface area contributed by atoms with Gasteiger partial charge in [-0.05, 0) is 86.2 Å². The highest BCUT2D eigenvalue weighted by atomic mass is 32.2. The summed E-state index contributed by atoms with van der Waals surface area (Å²) in [5, 5.41) is 3.08. The molecule has 0 aromatic heterocycles. The van der Waals surface area contributed by atoms with Crippen LogP contribution in [0.4, 0.5) is 5.69 Å². The van der Waals surface area contributed by atoms with E-state index in [-0.39, 0.29) is 29.8 Å². The summed E-state index contributed by atoms with van der Waals surface area (Å²) in [7, 11) is -4.14. The van der Waals surface area contributed by atoms with Crippen LogP contribution in [0, 0.1) is 20.8 Å². The molecule has 0 aliphatic heterocycles. The molecule has 0 spiro atoms.